The van der Waals surface area contributed by atoms with Crippen molar-refractivity contribution in [1.82, 2.24) is 16.0 Å². The smallest absolute Gasteiger partial charge is 0.326 e. The van der Waals surface area contributed by atoms with Crippen LogP contribution in [0.2, 0.25) is 0 Å². The van der Waals surface area contributed by atoms with Crippen LogP contribution in [0.3, 0.4) is 0 Å². The number of phenols is 2. The molecular weight excluding hydrogens is 488 g/mol. The Morgan fingerprint density at radius 1 is 0.750 bits per heavy atom. The largest absolute Gasteiger partial charge is 0.508 e. The minimum Gasteiger partial charge on any atom is -0.508 e. The summed E-state index contributed by atoms with van der Waals surface area (Å²) in [6.45, 7) is 1.45. The van der Waals surface area contributed by atoms with Gasteiger partial charge in [0.25, 0.3) is 0 Å². The van der Waals surface area contributed by atoms with E-state index in [0.29, 0.717) is 11.1 Å². The summed E-state index contributed by atoms with van der Waals surface area (Å²) in [4.78, 5) is 49.7. The van der Waals surface area contributed by atoms with Crippen LogP contribution in [0.4, 0.5) is 0 Å². The van der Waals surface area contributed by atoms with E-state index in [1.165, 1.54) is 43.3 Å². The number of hydrogen-bond acceptors (Lipinski definition) is 8. The van der Waals surface area contributed by atoms with E-state index >= 15 is 0 Å². The summed E-state index contributed by atoms with van der Waals surface area (Å²) in [5, 5.41) is 35.8. The molecule has 0 fully saturated rings. The quantitative estimate of drug-likeness (QED) is 0.176. The van der Waals surface area contributed by atoms with E-state index in [1.807, 2.05) is 0 Å². The highest BCUT2D eigenvalue weighted by molar-refractivity contribution is 7.80. The number of carboxylic acids is 1. The fourth-order valence-electron chi connectivity index (χ4n) is 3.19. The molecule has 12 heteroatoms. The Bertz CT molecular complexity index is 1060. The van der Waals surface area contributed by atoms with E-state index < -0.39 is 47.9 Å². The maximum atomic E-state index is 13.0. The second kappa shape index (κ2) is 13.4. The highest BCUT2D eigenvalue weighted by Crippen LogP contribution is 2.13. The minimum absolute atomic E-state index is 0.0190. The Morgan fingerprint density at radius 2 is 1.14 bits per heavy atom. The molecule has 0 heterocycles. The summed E-state index contributed by atoms with van der Waals surface area (Å²) in [6, 6.07) is 7.40. The Morgan fingerprint density at radius 3 is 1.56 bits per heavy atom. The number of aromatic hydroxyl groups is 2. The van der Waals surface area contributed by atoms with Crippen LogP contribution in [0.1, 0.15) is 18.1 Å². The number of nitrogens with two attached hydrogens (primary N) is 1. The van der Waals surface area contributed by atoms with Crippen molar-refractivity contribution >= 4 is 36.3 Å². The lowest BCUT2D eigenvalue weighted by atomic mass is 10.0. The predicted octanol–water partition coefficient (Wildman–Crippen LogP) is -0.301. The van der Waals surface area contributed by atoms with Gasteiger partial charge in [0.15, 0.2) is 0 Å². The van der Waals surface area contributed by atoms with Crippen molar-refractivity contribution in [1.29, 1.82) is 0 Å². The molecule has 0 spiro atoms. The van der Waals surface area contributed by atoms with E-state index in [9.17, 15) is 34.5 Å². The van der Waals surface area contributed by atoms with Gasteiger partial charge in [-0.15, -0.1) is 0 Å². The van der Waals surface area contributed by atoms with E-state index in [2.05, 4.69) is 28.6 Å². The molecule has 36 heavy (non-hydrogen) atoms. The Balaban J connectivity index is 2.12. The number of benzene rings is 2. The number of hydrogen-bond donors (Lipinski definition) is 8. The van der Waals surface area contributed by atoms with Gasteiger partial charge >= 0.3 is 5.97 Å². The highest BCUT2D eigenvalue weighted by atomic mass is 32.1. The number of amides is 3. The number of carbonyl (C=O) groups is 4. The first-order valence-electron chi connectivity index (χ1n) is 11.1. The van der Waals surface area contributed by atoms with Crippen LogP contribution in [0.5, 0.6) is 11.5 Å². The fourth-order valence-corrected chi connectivity index (χ4v) is 3.44. The molecule has 0 saturated carbocycles. The van der Waals surface area contributed by atoms with Crippen LogP contribution < -0.4 is 21.7 Å². The van der Waals surface area contributed by atoms with Crippen LogP contribution in [-0.4, -0.2) is 68.9 Å². The number of carbonyl (C=O) groups excluding carboxylic acids is 3. The zero-order valence-electron chi connectivity index (χ0n) is 19.5. The van der Waals surface area contributed by atoms with Crippen LogP contribution >= 0.6 is 12.6 Å². The normalized spacial score (nSPS) is 14.1. The summed E-state index contributed by atoms with van der Waals surface area (Å²) >= 11 is 4.11. The van der Waals surface area contributed by atoms with Gasteiger partial charge < -0.3 is 37.0 Å². The van der Waals surface area contributed by atoms with Gasteiger partial charge in [0.1, 0.15) is 29.6 Å². The van der Waals surface area contributed by atoms with Gasteiger partial charge in [0, 0.05) is 18.6 Å². The number of rotatable bonds is 12. The van der Waals surface area contributed by atoms with Gasteiger partial charge in [-0.25, -0.2) is 4.79 Å². The molecule has 2 aromatic carbocycles. The van der Waals surface area contributed by atoms with E-state index in [1.54, 1.807) is 12.1 Å². The maximum Gasteiger partial charge on any atom is 0.326 e. The van der Waals surface area contributed by atoms with Crippen LogP contribution in [-0.2, 0) is 32.0 Å². The van der Waals surface area contributed by atoms with E-state index in [0.717, 1.165) is 0 Å². The van der Waals surface area contributed by atoms with Gasteiger partial charge in [-0.2, -0.15) is 12.6 Å². The molecule has 0 saturated heterocycles. The fraction of sp³-hybridized carbons (Fsp3) is 0.333. The van der Waals surface area contributed by atoms with E-state index in [4.69, 9.17) is 5.73 Å². The highest BCUT2D eigenvalue weighted by Gasteiger charge is 2.29. The summed E-state index contributed by atoms with van der Waals surface area (Å²) in [5.41, 5.74) is 6.80. The van der Waals surface area contributed by atoms with Crippen molar-refractivity contribution in [2.75, 3.05) is 5.75 Å². The summed E-state index contributed by atoms with van der Waals surface area (Å²) in [6.07, 6.45) is -0.00734. The molecule has 2 aromatic rings. The molecule has 2 rings (SSSR count). The first-order valence-corrected chi connectivity index (χ1v) is 11.7. The lowest BCUT2D eigenvalue weighted by Gasteiger charge is -2.24. The summed E-state index contributed by atoms with van der Waals surface area (Å²) in [7, 11) is 0. The number of nitrogens with one attached hydrogen (secondary N) is 3. The summed E-state index contributed by atoms with van der Waals surface area (Å²) < 4.78 is 0. The third-order valence-electron chi connectivity index (χ3n) is 5.23. The molecule has 0 aromatic heterocycles. The number of phenolic OH excluding ortho intramolecular Hbond substituents is 2. The van der Waals surface area contributed by atoms with Crippen LogP contribution in [0.25, 0.3) is 0 Å². The SMILES string of the molecule is CC(N)C(=O)NC(Cc1ccc(O)cc1)C(=O)NC(CS)C(=O)NC(Cc1ccc(O)cc1)C(=O)O. The third kappa shape index (κ3) is 8.78. The number of thiol groups is 1. The topological polar surface area (TPSA) is 191 Å². The van der Waals surface area contributed by atoms with Crippen molar-refractivity contribution in [3.05, 3.63) is 59.7 Å². The van der Waals surface area contributed by atoms with Crippen molar-refractivity contribution in [3.8, 4) is 11.5 Å². The Labute approximate surface area is 213 Å². The molecule has 0 radical (unpaired) electrons. The Hall–Kier alpha value is -3.77. The predicted molar refractivity (Wildman–Crippen MR) is 135 cm³/mol. The average Bonchev–Trinajstić information content (AvgIpc) is 2.83. The molecule has 194 valence electrons. The molecule has 0 aliphatic carbocycles. The van der Waals surface area contributed by atoms with Gasteiger partial charge in [-0.05, 0) is 42.3 Å². The molecule has 0 aliphatic heterocycles. The van der Waals surface area contributed by atoms with Crippen LogP contribution in [0, 0.1) is 0 Å². The minimum atomic E-state index is -1.30. The van der Waals surface area contributed by atoms with Crippen molar-refractivity contribution < 1.29 is 34.5 Å². The molecule has 3 amide bonds. The second-order valence-electron chi connectivity index (χ2n) is 8.23. The molecule has 8 N–H and O–H groups in total. The standard InChI is InChI=1S/C24H30N4O7S/c1-13(25)21(31)26-18(10-14-2-6-16(29)7-3-14)22(32)28-20(12-36)23(33)27-19(24(34)35)11-15-4-8-17(30)9-5-15/h2-9,13,18-20,29-30,36H,10-12,25H2,1H3,(H,26,31)(H,27,33)(H,28,32)(H,34,35). The molecule has 0 aliphatic rings. The van der Waals surface area contributed by atoms with Crippen LogP contribution in [0.15, 0.2) is 48.5 Å². The van der Waals surface area contributed by atoms with Gasteiger partial charge in [0.05, 0.1) is 6.04 Å². The summed E-state index contributed by atoms with van der Waals surface area (Å²) in [5.74, 6) is -3.42. The van der Waals surface area contributed by atoms with E-state index in [-0.39, 0.29) is 30.1 Å². The first kappa shape index (κ1) is 28.5. The van der Waals surface area contributed by atoms with Gasteiger partial charge in [0.2, 0.25) is 17.7 Å². The van der Waals surface area contributed by atoms with Crippen molar-refractivity contribution in [3.63, 3.8) is 0 Å². The third-order valence-corrected chi connectivity index (χ3v) is 5.59. The molecule has 4 atom stereocenters. The lowest BCUT2D eigenvalue weighted by Crippen LogP contribution is -2.58. The molecule has 4 unspecified atom stereocenters. The average molecular weight is 519 g/mol. The number of aliphatic carboxylic acids is 1. The Kier molecular flexibility index (Phi) is 10.6. The number of carboxylic acid groups (broad SMARTS) is 1. The maximum absolute atomic E-state index is 13.0. The molecule has 11 nitrogen and oxygen atoms in total. The van der Waals surface area contributed by atoms with Gasteiger partial charge in [-0.1, -0.05) is 24.3 Å². The van der Waals surface area contributed by atoms with Crippen molar-refractivity contribution in [2.45, 2.75) is 43.9 Å². The molecule has 0 bridgehead atoms. The lowest BCUT2D eigenvalue weighted by molar-refractivity contribution is -0.142. The molecular formula is C24H30N4O7S. The van der Waals surface area contributed by atoms with Crippen molar-refractivity contribution in [2.24, 2.45) is 5.73 Å². The second-order valence-corrected chi connectivity index (χ2v) is 8.60. The van der Waals surface area contributed by atoms with Gasteiger partial charge in [-0.3, -0.25) is 14.4 Å². The zero-order valence-corrected chi connectivity index (χ0v) is 20.4. The monoisotopic (exact) mass is 518 g/mol. The first-order chi connectivity index (χ1) is 17.0. The zero-order chi connectivity index (χ0) is 26.8.